The van der Waals surface area contributed by atoms with Crippen LogP contribution in [0.2, 0.25) is 0 Å². The monoisotopic (exact) mass is 469 g/mol. The molecular formula is C25H35N5O4. The molecule has 1 aromatic carbocycles. The molecule has 0 bridgehead atoms. The smallest absolute Gasteiger partial charge is 0.410 e. The Morgan fingerprint density at radius 2 is 1.91 bits per heavy atom. The standard InChI is InChI=1S/C25H35N5O4/c1-16-22(15-32-25(31)30(2)19-7-3-4-8-19)23(34-29-16)17-10-12-20(13-11-17)33-21-9-5-6-18(14-21)24(26)28-27/h10-13,18-19,21H,3-9,14-15,27H2,1-2H3,(H2,26,28). The molecule has 34 heavy (non-hydrogen) atoms. The van der Waals surface area contributed by atoms with E-state index in [-0.39, 0.29) is 30.8 Å². The second-order valence-corrected chi connectivity index (χ2v) is 9.36. The van der Waals surface area contributed by atoms with Crippen LogP contribution in [-0.4, -0.2) is 41.2 Å². The van der Waals surface area contributed by atoms with Gasteiger partial charge in [-0.25, -0.2) is 4.79 Å². The molecule has 0 radical (unpaired) electrons. The number of hydrogen-bond donors (Lipinski definition) is 2. The van der Waals surface area contributed by atoms with E-state index in [1.165, 1.54) is 0 Å². The Bertz CT molecular complexity index is 997. The Morgan fingerprint density at radius 3 is 2.62 bits per heavy atom. The van der Waals surface area contributed by atoms with Gasteiger partial charge in [-0.2, -0.15) is 5.10 Å². The summed E-state index contributed by atoms with van der Waals surface area (Å²) >= 11 is 0. The summed E-state index contributed by atoms with van der Waals surface area (Å²) in [7, 11) is 1.81. The number of nitrogens with two attached hydrogens (primary N) is 2. The molecule has 9 nitrogen and oxygen atoms in total. The predicted octanol–water partition coefficient (Wildman–Crippen LogP) is 4.33. The molecule has 2 aromatic rings. The molecule has 2 saturated carbocycles. The van der Waals surface area contributed by atoms with Crippen molar-refractivity contribution in [2.24, 2.45) is 22.6 Å². The van der Waals surface area contributed by atoms with Crippen molar-refractivity contribution in [3.63, 3.8) is 0 Å². The molecule has 2 aliphatic carbocycles. The van der Waals surface area contributed by atoms with E-state index in [2.05, 4.69) is 10.3 Å². The number of benzene rings is 1. The molecule has 1 heterocycles. The maximum absolute atomic E-state index is 12.5. The van der Waals surface area contributed by atoms with Crippen LogP contribution in [0.15, 0.2) is 33.9 Å². The molecular weight excluding hydrogens is 434 g/mol. The van der Waals surface area contributed by atoms with Crippen molar-refractivity contribution in [2.75, 3.05) is 7.05 Å². The molecule has 4 N–H and O–H groups in total. The molecule has 0 spiro atoms. The van der Waals surface area contributed by atoms with Crippen LogP contribution in [0.25, 0.3) is 11.3 Å². The average molecular weight is 470 g/mol. The molecule has 0 aliphatic heterocycles. The number of carbonyl (C=O) groups is 1. The molecule has 2 fully saturated rings. The van der Waals surface area contributed by atoms with Gasteiger partial charge in [-0.1, -0.05) is 18.0 Å². The number of hydrogen-bond acceptors (Lipinski definition) is 7. The van der Waals surface area contributed by atoms with Crippen LogP contribution in [0.5, 0.6) is 5.75 Å². The van der Waals surface area contributed by atoms with E-state index in [4.69, 9.17) is 25.6 Å². The maximum atomic E-state index is 12.5. The zero-order valence-corrected chi connectivity index (χ0v) is 20.0. The lowest BCUT2D eigenvalue weighted by Crippen LogP contribution is -2.35. The topological polar surface area (TPSA) is 129 Å². The van der Waals surface area contributed by atoms with E-state index in [1.54, 1.807) is 4.90 Å². The molecule has 2 unspecified atom stereocenters. The van der Waals surface area contributed by atoms with Crippen LogP contribution in [0, 0.1) is 12.8 Å². The van der Waals surface area contributed by atoms with Gasteiger partial charge in [0.15, 0.2) is 5.76 Å². The second kappa shape index (κ2) is 10.8. The summed E-state index contributed by atoms with van der Waals surface area (Å²) in [5.41, 5.74) is 8.24. The highest BCUT2D eigenvalue weighted by atomic mass is 16.6. The van der Waals surface area contributed by atoms with Gasteiger partial charge in [-0.05, 0) is 69.7 Å². The Morgan fingerprint density at radius 1 is 1.18 bits per heavy atom. The van der Waals surface area contributed by atoms with E-state index in [9.17, 15) is 4.79 Å². The first-order chi connectivity index (χ1) is 16.5. The van der Waals surface area contributed by atoms with Gasteiger partial charge >= 0.3 is 6.09 Å². The van der Waals surface area contributed by atoms with Gasteiger partial charge in [0.25, 0.3) is 0 Å². The average Bonchev–Trinajstić information content (AvgIpc) is 3.52. The predicted molar refractivity (Wildman–Crippen MR) is 129 cm³/mol. The normalized spacial score (nSPS) is 21.4. The van der Waals surface area contributed by atoms with Crippen LogP contribution < -0.4 is 16.3 Å². The van der Waals surface area contributed by atoms with Gasteiger partial charge in [0.1, 0.15) is 18.2 Å². The van der Waals surface area contributed by atoms with Crippen molar-refractivity contribution in [1.82, 2.24) is 10.1 Å². The summed E-state index contributed by atoms with van der Waals surface area (Å²) in [4.78, 5) is 14.2. The van der Waals surface area contributed by atoms with Crippen LogP contribution in [-0.2, 0) is 11.3 Å². The molecule has 184 valence electrons. The van der Waals surface area contributed by atoms with Gasteiger partial charge in [0, 0.05) is 24.6 Å². The van der Waals surface area contributed by atoms with Crippen LogP contribution >= 0.6 is 0 Å². The van der Waals surface area contributed by atoms with Gasteiger partial charge in [-0.15, -0.1) is 0 Å². The molecule has 0 saturated heterocycles. The number of aromatic nitrogens is 1. The van der Waals surface area contributed by atoms with Crippen molar-refractivity contribution in [2.45, 2.75) is 77.0 Å². The number of nitrogens with zero attached hydrogens (tertiary/aromatic N) is 3. The SMILES string of the molecule is Cc1noc(-c2ccc(OC3CCCC(/C(N)=N/N)C3)cc2)c1COC(=O)N(C)C1CCCC1. The second-order valence-electron chi connectivity index (χ2n) is 9.36. The van der Waals surface area contributed by atoms with Gasteiger partial charge in [0.2, 0.25) is 0 Å². The summed E-state index contributed by atoms with van der Waals surface area (Å²) in [6.07, 6.45) is 7.95. The zero-order chi connectivity index (χ0) is 24.1. The highest BCUT2D eigenvalue weighted by molar-refractivity contribution is 5.82. The number of aryl methyl sites for hydroxylation is 1. The van der Waals surface area contributed by atoms with E-state index in [0.717, 1.165) is 68.2 Å². The Hall–Kier alpha value is -3.23. The van der Waals surface area contributed by atoms with E-state index >= 15 is 0 Å². The van der Waals surface area contributed by atoms with Crippen molar-refractivity contribution >= 4 is 11.9 Å². The fraction of sp³-hybridized carbons (Fsp3) is 0.560. The van der Waals surface area contributed by atoms with Crippen molar-refractivity contribution in [3.05, 3.63) is 35.5 Å². The molecule has 2 atom stereocenters. The lowest BCUT2D eigenvalue weighted by atomic mass is 9.86. The van der Waals surface area contributed by atoms with Gasteiger partial charge in [-0.3, -0.25) is 0 Å². The largest absolute Gasteiger partial charge is 0.490 e. The van der Waals surface area contributed by atoms with E-state index in [0.29, 0.717) is 17.3 Å². The molecule has 2 aliphatic rings. The fourth-order valence-corrected chi connectivity index (χ4v) is 4.97. The lowest BCUT2D eigenvalue weighted by Gasteiger charge is -2.29. The Balaban J connectivity index is 1.38. The van der Waals surface area contributed by atoms with E-state index in [1.807, 2.05) is 38.2 Å². The maximum Gasteiger partial charge on any atom is 0.410 e. The number of carbonyl (C=O) groups excluding carboxylic acids is 1. The summed E-state index contributed by atoms with van der Waals surface area (Å²) in [6.45, 7) is 1.97. The minimum absolute atomic E-state index is 0.0734. The third-order valence-electron chi connectivity index (χ3n) is 7.10. The third-order valence-corrected chi connectivity index (χ3v) is 7.10. The van der Waals surface area contributed by atoms with Crippen LogP contribution in [0.4, 0.5) is 4.79 Å². The summed E-state index contributed by atoms with van der Waals surface area (Å²) in [5.74, 6) is 7.38. The number of hydrazone groups is 1. The lowest BCUT2D eigenvalue weighted by molar-refractivity contribution is 0.0917. The van der Waals surface area contributed by atoms with Crippen molar-refractivity contribution < 1.29 is 18.8 Å². The first-order valence-corrected chi connectivity index (χ1v) is 12.1. The molecule has 4 rings (SSSR count). The van der Waals surface area contributed by atoms with Crippen molar-refractivity contribution in [1.29, 1.82) is 0 Å². The Labute approximate surface area is 200 Å². The minimum atomic E-state index is -0.312. The summed E-state index contributed by atoms with van der Waals surface area (Å²) < 4.78 is 17.4. The molecule has 1 amide bonds. The van der Waals surface area contributed by atoms with E-state index < -0.39 is 0 Å². The number of rotatable bonds is 7. The summed E-state index contributed by atoms with van der Waals surface area (Å²) in [5, 5.41) is 7.75. The number of amides is 1. The number of amidine groups is 1. The van der Waals surface area contributed by atoms with Gasteiger partial charge in [0.05, 0.1) is 17.4 Å². The first kappa shape index (κ1) is 23.9. The van der Waals surface area contributed by atoms with Crippen molar-refractivity contribution in [3.8, 4) is 17.1 Å². The first-order valence-electron chi connectivity index (χ1n) is 12.1. The quantitative estimate of drug-likeness (QED) is 0.267. The molecule has 9 heteroatoms. The zero-order valence-electron chi connectivity index (χ0n) is 20.0. The van der Waals surface area contributed by atoms with Crippen LogP contribution in [0.3, 0.4) is 0 Å². The Kier molecular flexibility index (Phi) is 7.59. The highest BCUT2D eigenvalue weighted by Gasteiger charge is 2.27. The van der Waals surface area contributed by atoms with Crippen LogP contribution in [0.1, 0.15) is 62.6 Å². The fourth-order valence-electron chi connectivity index (χ4n) is 4.97. The highest BCUT2D eigenvalue weighted by Crippen LogP contribution is 2.31. The summed E-state index contributed by atoms with van der Waals surface area (Å²) in [6, 6.07) is 7.96. The number of ether oxygens (including phenoxy) is 2. The third kappa shape index (κ3) is 5.46. The van der Waals surface area contributed by atoms with Gasteiger partial charge < -0.3 is 30.5 Å². The molecule has 1 aromatic heterocycles. The minimum Gasteiger partial charge on any atom is -0.490 e.